The van der Waals surface area contributed by atoms with Gasteiger partial charge in [-0.1, -0.05) is 30.3 Å². The van der Waals surface area contributed by atoms with E-state index < -0.39 is 11.3 Å². The van der Waals surface area contributed by atoms with Gasteiger partial charge in [0.15, 0.2) is 0 Å². The first kappa shape index (κ1) is 11.7. The third-order valence-electron chi connectivity index (χ3n) is 2.46. The number of hydrogen-bond acceptors (Lipinski definition) is 4. The molecule has 0 saturated heterocycles. The molecule has 6 nitrogen and oxygen atoms in total. The van der Waals surface area contributed by atoms with Crippen LogP contribution in [0.1, 0.15) is 11.7 Å². The molecule has 1 aromatic carbocycles. The van der Waals surface area contributed by atoms with Gasteiger partial charge in [-0.2, -0.15) is 10.2 Å². The molecule has 3 N–H and O–H groups in total. The summed E-state index contributed by atoms with van der Waals surface area (Å²) in [5, 5.41) is 28.6. The van der Waals surface area contributed by atoms with E-state index in [4.69, 9.17) is 5.21 Å². The quantitative estimate of drug-likeness (QED) is 0.652. The van der Waals surface area contributed by atoms with E-state index in [9.17, 15) is 10.3 Å². The second kappa shape index (κ2) is 5.07. The zero-order chi connectivity index (χ0) is 12.3. The Morgan fingerprint density at radius 1 is 1.35 bits per heavy atom. The lowest BCUT2D eigenvalue weighted by molar-refractivity contribution is -0.996. The Balaban J connectivity index is 2.13. The third-order valence-corrected chi connectivity index (χ3v) is 2.46. The van der Waals surface area contributed by atoms with Crippen molar-refractivity contribution in [2.45, 2.75) is 12.6 Å². The number of benzene rings is 1. The van der Waals surface area contributed by atoms with E-state index >= 15 is 0 Å². The maximum Gasteiger partial charge on any atom is 0.341 e. The van der Waals surface area contributed by atoms with Gasteiger partial charge in [0.2, 0.25) is 0 Å². The van der Waals surface area contributed by atoms with Crippen molar-refractivity contribution >= 4 is 5.95 Å². The fourth-order valence-corrected chi connectivity index (χ4v) is 1.62. The molecule has 6 heteroatoms. The van der Waals surface area contributed by atoms with Crippen LogP contribution in [0.2, 0.25) is 0 Å². The fraction of sp³-hybridized carbons (Fsp3) is 0.182. The molecule has 0 bridgehead atoms. The Hall–Kier alpha value is -1.73. The van der Waals surface area contributed by atoms with Gasteiger partial charge in [0.25, 0.3) is 0 Å². The number of aliphatic hydroxyl groups excluding tert-OH is 1. The lowest BCUT2D eigenvalue weighted by Crippen LogP contribution is -3.00. The van der Waals surface area contributed by atoms with Gasteiger partial charge in [0, 0.05) is 6.20 Å². The van der Waals surface area contributed by atoms with Gasteiger partial charge in [-0.05, 0) is 5.56 Å². The predicted molar refractivity (Wildman–Crippen MR) is 59.4 cm³/mol. The van der Waals surface area contributed by atoms with Crippen LogP contribution in [0.25, 0.3) is 0 Å². The molecule has 0 aliphatic rings. The van der Waals surface area contributed by atoms with Gasteiger partial charge < -0.3 is 10.3 Å². The molecule has 0 aliphatic carbocycles. The molecule has 0 saturated carbocycles. The van der Waals surface area contributed by atoms with Crippen LogP contribution in [0.3, 0.4) is 0 Å². The van der Waals surface area contributed by atoms with Crippen molar-refractivity contribution in [1.29, 1.82) is 0 Å². The summed E-state index contributed by atoms with van der Waals surface area (Å²) in [5.41, 5.74) is 0.748. The highest BCUT2D eigenvalue weighted by molar-refractivity contribution is 5.18. The topological polar surface area (TPSA) is 85.8 Å². The van der Waals surface area contributed by atoms with Gasteiger partial charge in [0.1, 0.15) is 0 Å². The highest BCUT2D eigenvalue weighted by atomic mass is 16.8. The first-order valence-corrected chi connectivity index (χ1v) is 5.16. The number of imidazole rings is 1. The summed E-state index contributed by atoms with van der Waals surface area (Å²) in [6.07, 6.45) is 2.19. The molecule has 0 aliphatic heterocycles. The second-order valence-corrected chi connectivity index (χ2v) is 3.63. The standard InChI is InChI=1S/C11H13N3O3/c15-10(9-4-2-1-3-5-9)8-13-7-6-12-11(13)14(16)17/h1-7,10,14-16H,8H2. The number of aliphatic hydroxyl groups is 1. The Kier molecular flexibility index (Phi) is 3.50. The second-order valence-electron chi connectivity index (χ2n) is 3.63. The molecule has 2 aromatic rings. The molecular formula is C11H13N3O3. The van der Waals surface area contributed by atoms with E-state index in [0.29, 0.717) is 0 Å². The summed E-state index contributed by atoms with van der Waals surface area (Å²) in [4.78, 5) is 3.71. The highest BCUT2D eigenvalue weighted by Gasteiger charge is 2.14. The molecular weight excluding hydrogens is 222 g/mol. The van der Waals surface area contributed by atoms with E-state index in [2.05, 4.69) is 4.98 Å². The van der Waals surface area contributed by atoms with Crippen LogP contribution in [0.4, 0.5) is 5.95 Å². The van der Waals surface area contributed by atoms with Crippen molar-refractivity contribution in [3.05, 3.63) is 53.5 Å². The predicted octanol–water partition coefficient (Wildman–Crippen LogP) is 0.0201. The van der Waals surface area contributed by atoms with Crippen molar-refractivity contribution in [2.75, 3.05) is 0 Å². The first-order chi connectivity index (χ1) is 8.18. The lowest BCUT2D eigenvalue weighted by Gasteiger charge is -2.15. The van der Waals surface area contributed by atoms with Crippen LogP contribution in [0, 0.1) is 5.21 Å². The van der Waals surface area contributed by atoms with Gasteiger partial charge in [-0.25, -0.2) is 5.21 Å². The summed E-state index contributed by atoms with van der Waals surface area (Å²) in [6, 6.07) is 9.09. The first-order valence-electron chi connectivity index (χ1n) is 5.16. The zero-order valence-corrected chi connectivity index (χ0v) is 9.02. The zero-order valence-electron chi connectivity index (χ0n) is 9.02. The van der Waals surface area contributed by atoms with E-state index in [0.717, 1.165) is 5.56 Å². The number of nitrogens with zero attached hydrogens (tertiary/aromatic N) is 2. The van der Waals surface area contributed by atoms with Gasteiger partial charge in [-0.15, -0.1) is 0 Å². The van der Waals surface area contributed by atoms with Crippen LogP contribution < -0.4 is 5.23 Å². The minimum Gasteiger partial charge on any atom is -0.592 e. The normalized spacial score (nSPS) is 14.5. The Morgan fingerprint density at radius 3 is 2.71 bits per heavy atom. The van der Waals surface area contributed by atoms with Crippen LogP contribution in [0.15, 0.2) is 42.7 Å². The van der Waals surface area contributed by atoms with Crippen LogP contribution in [-0.2, 0) is 6.54 Å². The van der Waals surface area contributed by atoms with Crippen molar-refractivity contribution in [3.8, 4) is 0 Å². The average Bonchev–Trinajstić information content (AvgIpc) is 2.78. The van der Waals surface area contributed by atoms with Crippen LogP contribution in [-0.4, -0.2) is 19.9 Å². The molecule has 0 spiro atoms. The maximum atomic E-state index is 10.8. The fourth-order valence-electron chi connectivity index (χ4n) is 1.62. The SMILES string of the molecule is [O-][NH+](O)c1nccn1CC(O)c1ccccc1. The monoisotopic (exact) mass is 235 g/mol. The molecule has 90 valence electrons. The Bertz CT molecular complexity index is 470. The smallest absolute Gasteiger partial charge is 0.341 e. The molecule has 2 atom stereocenters. The minimum atomic E-state index is -1.10. The molecule has 1 aromatic heterocycles. The largest absolute Gasteiger partial charge is 0.592 e. The van der Waals surface area contributed by atoms with E-state index in [-0.39, 0.29) is 12.5 Å². The van der Waals surface area contributed by atoms with Gasteiger partial charge in [-0.3, -0.25) is 4.57 Å². The third kappa shape index (κ3) is 2.69. The van der Waals surface area contributed by atoms with Gasteiger partial charge >= 0.3 is 5.95 Å². The number of quaternary nitrogens is 1. The molecule has 1 heterocycles. The number of rotatable bonds is 4. The molecule has 0 fully saturated rings. The molecule has 17 heavy (non-hydrogen) atoms. The maximum absolute atomic E-state index is 10.8. The van der Waals surface area contributed by atoms with E-state index in [1.165, 1.54) is 17.0 Å². The van der Waals surface area contributed by atoms with E-state index in [1.54, 1.807) is 12.1 Å². The summed E-state index contributed by atoms with van der Waals surface area (Å²) in [5.74, 6) is -0.0695. The van der Waals surface area contributed by atoms with Crippen molar-refractivity contribution in [2.24, 2.45) is 0 Å². The van der Waals surface area contributed by atoms with E-state index in [1.807, 2.05) is 18.2 Å². The molecule has 2 rings (SSSR count). The summed E-state index contributed by atoms with van der Waals surface area (Å²) in [7, 11) is 0. The summed E-state index contributed by atoms with van der Waals surface area (Å²) < 4.78 is 1.42. The summed E-state index contributed by atoms with van der Waals surface area (Å²) in [6.45, 7) is 0.172. The van der Waals surface area contributed by atoms with Crippen molar-refractivity contribution in [3.63, 3.8) is 0 Å². The van der Waals surface area contributed by atoms with Crippen molar-refractivity contribution < 1.29 is 15.5 Å². The van der Waals surface area contributed by atoms with Crippen LogP contribution in [0.5, 0.6) is 0 Å². The Labute approximate surface area is 97.9 Å². The number of aromatic nitrogens is 2. The summed E-state index contributed by atoms with van der Waals surface area (Å²) >= 11 is 0. The Morgan fingerprint density at radius 2 is 2.06 bits per heavy atom. The average molecular weight is 235 g/mol. The number of nitrogens with one attached hydrogen (secondary N) is 1. The van der Waals surface area contributed by atoms with Crippen LogP contribution >= 0.6 is 0 Å². The lowest BCUT2D eigenvalue weighted by atomic mass is 10.1. The van der Waals surface area contributed by atoms with Gasteiger partial charge in [0.05, 0.1) is 18.8 Å². The highest BCUT2D eigenvalue weighted by Crippen LogP contribution is 2.15. The minimum absolute atomic E-state index is 0.0695. The van der Waals surface area contributed by atoms with Crippen molar-refractivity contribution in [1.82, 2.24) is 9.55 Å². The molecule has 0 amide bonds. The molecule has 0 radical (unpaired) electrons. The number of hydrogen-bond donors (Lipinski definition) is 3. The molecule has 2 unspecified atom stereocenters.